The second-order valence-corrected chi connectivity index (χ2v) is 12.7. The molecule has 3 aliphatic heterocycles. The number of aromatic nitrogens is 1. The van der Waals surface area contributed by atoms with Gasteiger partial charge in [-0.05, 0) is 70.1 Å². The highest BCUT2D eigenvalue weighted by Gasteiger charge is 2.38. The molecule has 224 valence electrons. The van der Waals surface area contributed by atoms with Crippen molar-refractivity contribution in [1.82, 2.24) is 31.0 Å². The molecular weight excluding hydrogens is 532 g/mol. The number of carbonyl (C=O) groups excluding carboxylic acids is 4. The quantitative estimate of drug-likeness (QED) is 0.481. The van der Waals surface area contributed by atoms with Crippen molar-refractivity contribution in [3.63, 3.8) is 0 Å². The van der Waals surface area contributed by atoms with Crippen LogP contribution in [0.3, 0.4) is 0 Å². The number of pyridine rings is 1. The molecular formula is C32H42N6O4. The van der Waals surface area contributed by atoms with Gasteiger partial charge in [0.1, 0.15) is 18.1 Å². The molecule has 42 heavy (non-hydrogen) atoms. The van der Waals surface area contributed by atoms with Crippen LogP contribution >= 0.6 is 0 Å². The van der Waals surface area contributed by atoms with E-state index in [1.54, 1.807) is 20.8 Å². The molecule has 3 N–H and O–H groups in total. The summed E-state index contributed by atoms with van der Waals surface area (Å²) >= 11 is 0. The predicted octanol–water partition coefficient (Wildman–Crippen LogP) is 3.09. The standard InChI is InChI=1S/C32H42N6O4/c1-19(2)27-28(39)33-20(3)29(40)38-17-6-8-24(36-38)30(41)37-16-7-9-26(37)23-13-12-22-11-10-21(18-25(22)34-23)14-15-32(4,5)31(42)35-27/h10-15,18-20,24,26-27,36H,6-9,16-17H2,1-5H3,(H,33,39)(H,35,42)/b15-14+/t20-,24?,26+,27+/m1/s1. The lowest BCUT2D eigenvalue weighted by molar-refractivity contribution is -0.146. The number of nitrogens with one attached hydrogen (secondary N) is 3. The summed E-state index contributed by atoms with van der Waals surface area (Å²) in [6.45, 7) is 10.0. The van der Waals surface area contributed by atoms with Crippen LogP contribution in [0.15, 0.2) is 36.4 Å². The summed E-state index contributed by atoms with van der Waals surface area (Å²) < 4.78 is 0. The fourth-order valence-corrected chi connectivity index (χ4v) is 5.94. The van der Waals surface area contributed by atoms with Gasteiger partial charge >= 0.3 is 0 Å². The van der Waals surface area contributed by atoms with Gasteiger partial charge in [0.05, 0.1) is 22.7 Å². The van der Waals surface area contributed by atoms with Crippen LogP contribution in [0.5, 0.6) is 0 Å². The lowest BCUT2D eigenvalue weighted by Crippen LogP contribution is -2.62. The van der Waals surface area contributed by atoms with Crippen LogP contribution in [0.4, 0.5) is 0 Å². The Kier molecular flexibility index (Phi) is 8.37. The highest BCUT2D eigenvalue weighted by Crippen LogP contribution is 2.33. The average Bonchev–Trinajstić information content (AvgIpc) is 3.47. The molecule has 0 radical (unpaired) electrons. The van der Waals surface area contributed by atoms with Gasteiger partial charge in [-0.1, -0.05) is 44.2 Å². The van der Waals surface area contributed by atoms with Gasteiger partial charge < -0.3 is 15.5 Å². The maximum absolute atomic E-state index is 13.8. The summed E-state index contributed by atoms with van der Waals surface area (Å²) in [5, 5.41) is 8.14. The number of fused-ring (bicyclic) bond motifs is 6. The van der Waals surface area contributed by atoms with Gasteiger partial charge in [-0.2, -0.15) is 0 Å². The van der Waals surface area contributed by atoms with Gasteiger partial charge in [0.15, 0.2) is 0 Å². The minimum absolute atomic E-state index is 0.0408. The summed E-state index contributed by atoms with van der Waals surface area (Å²) in [7, 11) is 0. The van der Waals surface area contributed by atoms with Crippen molar-refractivity contribution in [1.29, 1.82) is 0 Å². The molecule has 10 nitrogen and oxygen atoms in total. The molecule has 3 aliphatic rings. The van der Waals surface area contributed by atoms with E-state index in [4.69, 9.17) is 4.98 Å². The van der Waals surface area contributed by atoms with Crippen LogP contribution in [0.1, 0.15) is 77.6 Å². The molecule has 5 rings (SSSR count). The number of hydrazine groups is 1. The number of hydrogen-bond acceptors (Lipinski definition) is 6. The van der Waals surface area contributed by atoms with Crippen molar-refractivity contribution in [2.45, 2.75) is 84.5 Å². The van der Waals surface area contributed by atoms with E-state index >= 15 is 0 Å². The SMILES string of the molecule is CC(C)[C@@H]1NC(=O)C(C)(C)/C=C/c2ccc3ccc(nc3c2)[C@@H]2CCCN2C(=O)C2CCCN(N2)C(=O)[C@@H](C)NC1=O. The first kappa shape index (κ1) is 29.7. The molecule has 2 fully saturated rings. The van der Waals surface area contributed by atoms with Crippen molar-refractivity contribution < 1.29 is 19.2 Å². The fourth-order valence-electron chi connectivity index (χ4n) is 5.94. The average molecular weight is 575 g/mol. The number of amides is 4. The van der Waals surface area contributed by atoms with E-state index in [0.717, 1.165) is 35.0 Å². The molecule has 2 saturated heterocycles. The predicted molar refractivity (Wildman–Crippen MR) is 160 cm³/mol. The number of hydrogen-bond donors (Lipinski definition) is 3. The van der Waals surface area contributed by atoms with Gasteiger partial charge in [0.25, 0.3) is 5.91 Å². The van der Waals surface area contributed by atoms with Crippen LogP contribution in [0.2, 0.25) is 0 Å². The maximum atomic E-state index is 13.8. The normalized spacial score (nSPS) is 28.0. The first-order chi connectivity index (χ1) is 19.9. The highest BCUT2D eigenvalue weighted by atomic mass is 16.2. The first-order valence-corrected chi connectivity index (χ1v) is 15.0. The smallest absolute Gasteiger partial charge is 0.258 e. The molecule has 0 aliphatic carbocycles. The topological polar surface area (TPSA) is 124 Å². The van der Waals surface area contributed by atoms with Crippen LogP contribution in [-0.2, 0) is 19.2 Å². The Labute approximate surface area is 247 Å². The first-order valence-electron chi connectivity index (χ1n) is 15.0. The van der Waals surface area contributed by atoms with E-state index in [1.165, 1.54) is 5.01 Å². The molecule has 5 bridgehead atoms. The van der Waals surface area contributed by atoms with Gasteiger partial charge in [0.2, 0.25) is 17.7 Å². The van der Waals surface area contributed by atoms with Gasteiger partial charge in [0, 0.05) is 18.5 Å². The maximum Gasteiger partial charge on any atom is 0.258 e. The zero-order chi connectivity index (χ0) is 30.2. The van der Waals surface area contributed by atoms with Crippen molar-refractivity contribution in [3.05, 3.63) is 47.7 Å². The minimum atomic E-state index is -0.907. The van der Waals surface area contributed by atoms with E-state index in [9.17, 15) is 19.2 Å². The minimum Gasteiger partial charge on any atom is -0.343 e. The van der Waals surface area contributed by atoms with Gasteiger partial charge in [-0.15, -0.1) is 0 Å². The Morgan fingerprint density at radius 1 is 0.952 bits per heavy atom. The molecule has 4 heterocycles. The van der Waals surface area contributed by atoms with E-state index in [-0.39, 0.29) is 29.7 Å². The fraction of sp³-hybridized carbons (Fsp3) is 0.531. The molecule has 0 spiro atoms. The van der Waals surface area contributed by atoms with Crippen LogP contribution in [0.25, 0.3) is 17.0 Å². The zero-order valence-corrected chi connectivity index (χ0v) is 25.1. The van der Waals surface area contributed by atoms with Crippen molar-refractivity contribution >= 4 is 40.6 Å². The number of carbonyl (C=O) groups is 4. The third-order valence-corrected chi connectivity index (χ3v) is 8.61. The van der Waals surface area contributed by atoms with Crippen molar-refractivity contribution in [3.8, 4) is 0 Å². The molecule has 1 aromatic heterocycles. The summed E-state index contributed by atoms with van der Waals surface area (Å²) in [5.41, 5.74) is 4.81. The van der Waals surface area contributed by atoms with Crippen molar-refractivity contribution in [2.24, 2.45) is 11.3 Å². The molecule has 1 unspecified atom stereocenters. The second-order valence-electron chi connectivity index (χ2n) is 12.7. The molecule has 0 saturated carbocycles. The van der Waals surface area contributed by atoms with Gasteiger partial charge in [-0.3, -0.25) is 29.2 Å². The Balaban J connectivity index is 1.53. The van der Waals surface area contributed by atoms with Crippen LogP contribution in [-0.4, -0.2) is 69.7 Å². The molecule has 4 atom stereocenters. The second kappa shape index (κ2) is 11.8. The molecule has 1 aromatic carbocycles. The Hall–Kier alpha value is -3.79. The monoisotopic (exact) mass is 574 g/mol. The lowest BCUT2D eigenvalue weighted by Gasteiger charge is -2.37. The molecule has 2 aromatic rings. The molecule has 4 amide bonds. The largest absolute Gasteiger partial charge is 0.343 e. The van der Waals surface area contributed by atoms with E-state index in [2.05, 4.69) is 16.1 Å². The third kappa shape index (κ3) is 6.04. The summed E-state index contributed by atoms with van der Waals surface area (Å²) in [6, 6.07) is 7.66. The Bertz CT molecular complexity index is 1420. The Morgan fingerprint density at radius 3 is 2.45 bits per heavy atom. The summed E-state index contributed by atoms with van der Waals surface area (Å²) in [5.74, 6) is -1.29. The van der Waals surface area contributed by atoms with Crippen molar-refractivity contribution in [2.75, 3.05) is 13.1 Å². The number of nitrogens with zero attached hydrogens (tertiary/aromatic N) is 3. The number of rotatable bonds is 1. The highest BCUT2D eigenvalue weighted by molar-refractivity contribution is 5.94. The van der Waals surface area contributed by atoms with E-state index in [1.807, 2.05) is 61.2 Å². The van der Waals surface area contributed by atoms with Crippen LogP contribution < -0.4 is 16.1 Å². The van der Waals surface area contributed by atoms with E-state index in [0.29, 0.717) is 25.9 Å². The Morgan fingerprint density at radius 2 is 1.69 bits per heavy atom. The summed E-state index contributed by atoms with van der Waals surface area (Å²) in [6.07, 6.45) is 6.71. The zero-order valence-electron chi connectivity index (χ0n) is 25.1. The molecule has 10 heteroatoms. The third-order valence-electron chi connectivity index (χ3n) is 8.61. The number of benzene rings is 1. The van der Waals surface area contributed by atoms with Crippen LogP contribution in [0, 0.1) is 11.3 Å². The lowest BCUT2D eigenvalue weighted by atomic mass is 9.89. The van der Waals surface area contributed by atoms with Gasteiger partial charge in [-0.25, -0.2) is 5.43 Å². The van der Waals surface area contributed by atoms with E-state index < -0.39 is 29.4 Å². The summed E-state index contributed by atoms with van der Waals surface area (Å²) in [4.78, 5) is 60.7.